The van der Waals surface area contributed by atoms with E-state index >= 15 is 0 Å². The summed E-state index contributed by atoms with van der Waals surface area (Å²) in [6.45, 7) is 11.1. The van der Waals surface area contributed by atoms with Crippen LogP contribution in [-0.2, 0) is 4.79 Å². The predicted molar refractivity (Wildman–Crippen MR) is 88.1 cm³/mol. The molecule has 0 aliphatic rings. The molecule has 3 nitrogen and oxygen atoms in total. The van der Waals surface area contributed by atoms with Crippen LogP contribution < -0.4 is 4.90 Å². The molecule has 4 heteroatoms. The molecule has 1 amide bonds. The third-order valence-electron chi connectivity index (χ3n) is 3.19. The van der Waals surface area contributed by atoms with Crippen LogP contribution in [0.4, 0.5) is 5.69 Å². The molecule has 1 rings (SSSR count). The molecule has 1 aromatic rings. The Labute approximate surface area is 132 Å². The highest BCUT2D eigenvalue weighted by molar-refractivity contribution is 6.31. The van der Waals surface area contributed by atoms with Gasteiger partial charge in [0.2, 0.25) is 5.91 Å². The number of rotatable bonds is 2. The topological polar surface area (TPSA) is 37.4 Å². The minimum Gasteiger partial charge on any atom is -0.314 e. The van der Waals surface area contributed by atoms with Crippen molar-refractivity contribution >= 4 is 29.0 Å². The van der Waals surface area contributed by atoms with Crippen LogP contribution in [0.5, 0.6) is 0 Å². The Hall–Kier alpha value is -1.35. The minimum absolute atomic E-state index is 0.0337. The van der Waals surface area contributed by atoms with Gasteiger partial charge in [-0.1, -0.05) is 53.1 Å². The number of nitrogens with zero attached hydrogens (tertiary/aromatic N) is 1. The number of hydrogen-bond acceptors (Lipinski definition) is 2. The Morgan fingerprint density at radius 3 is 1.95 bits per heavy atom. The van der Waals surface area contributed by atoms with Crippen LogP contribution in [0.15, 0.2) is 18.2 Å². The maximum absolute atomic E-state index is 12.6. The molecular formula is C17H24ClNO2. The van der Waals surface area contributed by atoms with Crippen LogP contribution in [0.3, 0.4) is 0 Å². The van der Waals surface area contributed by atoms with E-state index in [1.165, 1.54) is 4.90 Å². The van der Waals surface area contributed by atoms with Crippen LogP contribution >= 0.6 is 11.6 Å². The second-order valence-corrected chi connectivity index (χ2v) is 7.79. The maximum atomic E-state index is 12.6. The highest BCUT2D eigenvalue weighted by Gasteiger charge is 2.31. The van der Waals surface area contributed by atoms with E-state index in [0.29, 0.717) is 16.3 Å². The monoisotopic (exact) mass is 309 g/mol. The summed E-state index contributed by atoms with van der Waals surface area (Å²) >= 11 is 6.03. The fraction of sp³-hybridized carbons (Fsp3) is 0.529. The van der Waals surface area contributed by atoms with Crippen molar-refractivity contribution in [1.82, 2.24) is 0 Å². The Morgan fingerprint density at radius 1 is 1.00 bits per heavy atom. The van der Waals surface area contributed by atoms with Crippen LogP contribution in [0.1, 0.15) is 51.9 Å². The summed E-state index contributed by atoms with van der Waals surface area (Å²) < 4.78 is 0. The van der Waals surface area contributed by atoms with Gasteiger partial charge in [0.25, 0.3) is 0 Å². The zero-order valence-corrected chi connectivity index (χ0v) is 14.6. The van der Waals surface area contributed by atoms with Crippen molar-refractivity contribution in [1.29, 1.82) is 0 Å². The molecule has 0 saturated heterocycles. The summed E-state index contributed by atoms with van der Waals surface area (Å²) in [6, 6.07) is 5.06. The summed E-state index contributed by atoms with van der Waals surface area (Å²) in [6.07, 6.45) is 0. The lowest BCUT2D eigenvalue weighted by Crippen LogP contribution is -2.38. The summed E-state index contributed by atoms with van der Waals surface area (Å²) in [5, 5.41) is 0.489. The van der Waals surface area contributed by atoms with Crippen LogP contribution in [0.2, 0.25) is 5.02 Å². The van der Waals surface area contributed by atoms with Gasteiger partial charge in [0.05, 0.1) is 5.69 Å². The Balaban J connectivity index is 3.38. The maximum Gasteiger partial charge on any atom is 0.232 e. The fourth-order valence-corrected chi connectivity index (χ4v) is 2.17. The van der Waals surface area contributed by atoms with Gasteiger partial charge in [-0.05, 0) is 18.2 Å². The third kappa shape index (κ3) is 4.07. The van der Waals surface area contributed by atoms with E-state index in [9.17, 15) is 9.59 Å². The fourth-order valence-electron chi connectivity index (χ4n) is 2.00. The smallest absolute Gasteiger partial charge is 0.232 e. The standard InChI is InChI=1S/C17H24ClNO2/c1-16(2,3)14(20)12-10-11(18)8-9-13(12)19(7)15(21)17(4,5)6/h8-10H,1-7H3. The molecule has 0 N–H and O–H groups in total. The van der Waals surface area contributed by atoms with Gasteiger partial charge in [0.1, 0.15) is 0 Å². The molecule has 1 aromatic carbocycles. The highest BCUT2D eigenvalue weighted by atomic mass is 35.5. The molecule has 0 aliphatic heterocycles. The predicted octanol–water partition coefficient (Wildman–Crippen LogP) is 4.58. The van der Waals surface area contributed by atoms with E-state index in [1.807, 2.05) is 41.5 Å². The van der Waals surface area contributed by atoms with Gasteiger partial charge in [-0.3, -0.25) is 9.59 Å². The molecule has 0 radical (unpaired) electrons. The lowest BCUT2D eigenvalue weighted by molar-refractivity contribution is -0.125. The van der Waals surface area contributed by atoms with E-state index in [2.05, 4.69) is 0 Å². The molecule has 0 aromatic heterocycles. The second-order valence-electron chi connectivity index (χ2n) is 7.35. The average Bonchev–Trinajstić information content (AvgIpc) is 2.33. The van der Waals surface area contributed by atoms with Gasteiger partial charge in [-0.15, -0.1) is 0 Å². The highest BCUT2D eigenvalue weighted by Crippen LogP contribution is 2.32. The van der Waals surface area contributed by atoms with Gasteiger partial charge in [0.15, 0.2) is 5.78 Å². The van der Waals surface area contributed by atoms with Crippen molar-refractivity contribution in [3.8, 4) is 0 Å². The molecule has 0 spiro atoms. The Morgan fingerprint density at radius 2 is 1.52 bits per heavy atom. The number of ketones is 1. The molecule has 0 unspecified atom stereocenters. The molecule has 0 bridgehead atoms. The van der Waals surface area contributed by atoms with Gasteiger partial charge in [-0.25, -0.2) is 0 Å². The number of hydrogen-bond donors (Lipinski definition) is 0. The summed E-state index contributed by atoms with van der Waals surface area (Å²) in [4.78, 5) is 26.6. The lowest BCUT2D eigenvalue weighted by Gasteiger charge is -2.29. The van der Waals surface area contributed by atoms with E-state index in [0.717, 1.165) is 0 Å². The van der Waals surface area contributed by atoms with Crippen molar-refractivity contribution in [2.24, 2.45) is 10.8 Å². The molecule has 0 heterocycles. The zero-order chi connectivity index (χ0) is 16.6. The second kappa shape index (κ2) is 5.80. The quantitative estimate of drug-likeness (QED) is 0.750. The number of carbonyl (C=O) groups is 2. The largest absolute Gasteiger partial charge is 0.314 e. The molecule has 116 valence electrons. The van der Waals surface area contributed by atoms with Crippen LogP contribution in [-0.4, -0.2) is 18.7 Å². The van der Waals surface area contributed by atoms with Crippen LogP contribution in [0.25, 0.3) is 0 Å². The molecule has 0 atom stereocenters. The number of anilines is 1. The van der Waals surface area contributed by atoms with Crippen molar-refractivity contribution < 1.29 is 9.59 Å². The van der Waals surface area contributed by atoms with E-state index < -0.39 is 10.8 Å². The number of halogens is 1. The number of amides is 1. The first-order valence-electron chi connectivity index (χ1n) is 6.98. The Kier molecular flexibility index (Phi) is 4.89. The molecule has 21 heavy (non-hydrogen) atoms. The molecular weight excluding hydrogens is 286 g/mol. The normalized spacial score (nSPS) is 12.2. The van der Waals surface area contributed by atoms with Gasteiger partial charge < -0.3 is 4.90 Å². The number of benzene rings is 1. The van der Waals surface area contributed by atoms with Crippen molar-refractivity contribution in [2.75, 3.05) is 11.9 Å². The van der Waals surface area contributed by atoms with Crippen molar-refractivity contribution in [3.63, 3.8) is 0 Å². The van der Waals surface area contributed by atoms with Crippen molar-refractivity contribution in [2.45, 2.75) is 41.5 Å². The first-order valence-corrected chi connectivity index (χ1v) is 7.36. The van der Waals surface area contributed by atoms with Gasteiger partial charge in [0, 0.05) is 28.5 Å². The van der Waals surface area contributed by atoms with Gasteiger partial charge in [-0.2, -0.15) is 0 Å². The number of Topliss-reactive ketones (excluding diaryl/α,β-unsaturated/α-hetero) is 1. The third-order valence-corrected chi connectivity index (χ3v) is 3.43. The van der Waals surface area contributed by atoms with Gasteiger partial charge >= 0.3 is 0 Å². The van der Waals surface area contributed by atoms with E-state index in [1.54, 1.807) is 25.2 Å². The minimum atomic E-state index is -0.537. The molecule has 0 fully saturated rings. The summed E-state index contributed by atoms with van der Waals surface area (Å²) in [7, 11) is 1.69. The lowest BCUT2D eigenvalue weighted by atomic mass is 9.85. The zero-order valence-electron chi connectivity index (χ0n) is 13.9. The van der Waals surface area contributed by atoms with E-state index in [-0.39, 0.29) is 11.7 Å². The number of carbonyl (C=O) groups excluding carboxylic acids is 2. The average molecular weight is 310 g/mol. The van der Waals surface area contributed by atoms with E-state index in [4.69, 9.17) is 11.6 Å². The summed E-state index contributed by atoms with van der Waals surface area (Å²) in [5.74, 6) is -0.0821. The Bertz CT molecular complexity index is 565. The van der Waals surface area contributed by atoms with Crippen LogP contribution in [0, 0.1) is 10.8 Å². The molecule has 0 saturated carbocycles. The molecule has 0 aliphatic carbocycles. The first-order chi connectivity index (χ1) is 9.35. The SMILES string of the molecule is CN(C(=O)C(C)(C)C)c1ccc(Cl)cc1C(=O)C(C)(C)C. The first kappa shape index (κ1) is 17.7. The summed E-state index contributed by atoms with van der Waals surface area (Å²) in [5.41, 5.74) is 0.0240. The van der Waals surface area contributed by atoms with Crippen molar-refractivity contribution in [3.05, 3.63) is 28.8 Å².